The molecule has 4 aromatic carbocycles. The van der Waals surface area contributed by atoms with Gasteiger partial charge in [0.2, 0.25) is 0 Å². The van der Waals surface area contributed by atoms with Gasteiger partial charge in [-0.2, -0.15) is 0 Å². The number of aryl methyl sites for hydroxylation is 4. The standard InChI is InChI=1S/C57H69BN2S/c1-33-17-19-46-39(25-33)50-51(61-46)58-42-30-40-41(54(10,11)22-21-53(40,8)9)31-43(42)59(38-18-20-47-55(12,13)23-24-56(14,15)57(47,16)32-38)44-26-34(2)27-45(48(44)58)60(50)49-35(3)28-37(29-36(49)4)52(5,6)7/h17-20,25-32,47H,21-24H2,1-16H3. The number of benzene rings is 4. The summed E-state index contributed by atoms with van der Waals surface area (Å²) >= 11 is 2.03. The Morgan fingerprint density at radius 3 is 1.92 bits per heavy atom. The van der Waals surface area contributed by atoms with Gasteiger partial charge in [-0.15, -0.1) is 11.3 Å². The molecule has 0 bridgehead atoms. The predicted octanol–water partition coefficient (Wildman–Crippen LogP) is 14.5. The molecule has 5 aliphatic rings. The summed E-state index contributed by atoms with van der Waals surface area (Å²) in [5, 5.41) is 1.37. The summed E-state index contributed by atoms with van der Waals surface area (Å²) in [6.45, 7) is 39.1. The Morgan fingerprint density at radius 2 is 1.28 bits per heavy atom. The van der Waals surface area contributed by atoms with Crippen LogP contribution in [0.4, 0.5) is 28.4 Å². The fourth-order valence-corrected chi connectivity index (χ4v) is 14.1. The summed E-state index contributed by atoms with van der Waals surface area (Å²) in [6, 6.07) is 22.6. The highest BCUT2D eigenvalue weighted by Crippen LogP contribution is 2.63. The van der Waals surface area contributed by atoms with E-state index in [0.29, 0.717) is 5.92 Å². The number of nitrogens with zero attached hydrogens (tertiary/aromatic N) is 2. The van der Waals surface area contributed by atoms with Crippen LogP contribution in [-0.4, -0.2) is 6.71 Å². The van der Waals surface area contributed by atoms with Gasteiger partial charge in [0.25, 0.3) is 6.71 Å². The first-order valence-corrected chi connectivity index (χ1v) is 24.2. The average molecular weight is 825 g/mol. The molecule has 3 heterocycles. The molecule has 1 aromatic heterocycles. The van der Waals surface area contributed by atoms with Crippen molar-refractivity contribution in [3.63, 3.8) is 0 Å². The third-order valence-electron chi connectivity index (χ3n) is 17.0. The van der Waals surface area contributed by atoms with Gasteiger partial charge in [-0.25, -0.2) is 0 Å². The van der Waals surface area contributed by atoms with E-state index >= 15 is 0 Å². The van der Waals surface area contributed by atoms with Crippen LogP contribution < -0.4 is 25.5 Å². The molecule has 2 unspecified atom stereocenters. The van der Waals surface area contributed by atoms with Crippen molar-refractivity contribution in [2.24, 2.45) is 22.2 Å². The van der Waals surface area contributed by atoms with Crippen LogP contribution in [-0.2, 0) is 16.2 Å². The fraction of sp³-hybridized carbons (Fsp3) is 0.474. The largest absolute Gasteiger partial charge is 0.312 e. The van der Waals surface area contributed by atoms with E-state index in [1.54, 1.807) is 5.56 Å². The predicted molar refractivity (Wildman–Crippen MR) is 268 cm³/mol. The number of thiophene rings is 1. The van der Waals surface area contributed by atoms with Crippen LogP contribution in [0.1, 0.15) is 148 Å². The Bertz CT molecular complexity index is 2760. The minimum absolute atomic E-state index is 0.000761. The number of hydrogen-bond donors (Lipinski definition) is 0. The second-order valence-corrected chi connectivity index (χ2v) is 25.2. The molecule has 0 spiro atoms. The van der Waals surface area contributed by atoms with Gasteiger partial charge in [-0.3, -0.25) is 0 Å². The molecule has 1 fully saturated rings. The van der Waals surface area contributed by atoms with E-state index in [9.17, 15) is 0 Å². The van der Waals surface area contributed by atoms with Gasteiger partial charge in [-0.05, 0) is 173 Å². The smallest absolute Gasteiger partial charge is 0.264 e. The van der Waals surface area contributed by atoms with E-state index < -0.39 is 0 Å². The van der Waals surface area contributed by atoms with Gasteiger partial charge in [0.15, 0.2) is 0 Å². The molecule has 2 nitrogen and oxygen atoms in total. The van der Waals surface area contributed by atoms with E-state index in [-0.39, 0.29) is 39.2 Å². The van der Waals surface area contributed by atoms with Gasteiger partial charge >= 0.3 is 0 Å². The second kappa shape index (κ2) is 12.8. The first kappa shape index (κ1) is 41.0. The summed E-state index contributed by atoms with van der Waals surface area (Å²) in [6.07, 6.45) is 12.8. The maximum atomic E-state index is 2.74. The van der Waals surface area contributed by atoms with Crippen molar-refractivity contribution in [3.8, 4) is 0 Å². The van der Waals surface area contributed by atoms with Crippen molar-refractivity contribution in [2.75, 3.05) is 9.80 Å². The molecule has 10 rings (SSSR count). The van der Waals surface area contributed by atoms with Crippen molar-refractivity contribution in [1.29, 1.82) is 0 Å². The molecular formula is C57H69BN2S. The monoisotopic (exact) mass is 825 g/mol. The Kier molecular flexibility index (Phi) is 8.61. The Hall–Kier alpha value is -4.02. The van der Waals surface area contributed by atoms with E-state index in [2.05, 4.69) is 193 Å². The normalized spacial score (nSPS) is 23.8. The maximum Gasteiger partial charge on any atom is 0.264 e. The van der Waals surface area contributed by atoms with Crippen LogP contribution >= 0.6 is 11.3 Å². The quantitative estimate of drug-likeness (QED) is 0.161. The molecule has 5 aromatic rings. The molecule has 0 saturated heterocycles. The molecule has 2 atom stereocenters. The lowest BCUT2D eigenvalue weighted by Crippen LogP contribution is -2.61. The molecule has 2 aliphatic heterocycles. The molecule has 61 heavy (non-hydrogen) atoms. The van der Waals surface area contributed by atoms with E-state index in [4.69, 9.17) is 0 Å². The lowest BCUT2D eigenvalue weighted by Gasteiger charge is -2.59. The number of anilines is 5. The lowest BCUT2D eigenvalue weighted by atomic mass is 9.35. The zero-order valence-corrected chi connectivity index (χ0v) is 41.0. The van der Waals surface area contributed by atoms with Crippen LogP contribution in [0.15, 0.2) is 78.5 Å². The lowest BCUT2D eigenvalue weighted by molar-refractivity contribution is -0.0396. The molecule has 1 saturated carbocycles. The summed E-state index contributed by atoms with van der Waals surface area (Å²) in [5.41, 5.74) is 21.4. The van der Waals surface area contributed by atoms with Crippen LogP contribution in [0.2, 0.25) is 0 Å². The average Bonchev–Trinajstić information content (AvgIpc) is 3.53. The Labute approximate surface area is 372 Å². The summed E-state index contributed by atoms with van der Waals surface area (Å²) < 4.78 is 2.84. The van der Waals surface area contributed by atoms with E-state index in [0.717, 1.165) is 0 Å². The molecule has 3 aliphatic carbocycles. The first-order valence-electron chi connectivity index (χ1n) is 23.3. The maximum absolute atomic E-state index is 2.74. The van der Waals surface area contributed by atoms with Gasteiger partial charge < -0.3 is 9.80 Å². The van der Waals surface area contributed by atoms with E-state index in [1.807, 2.05) is 11.3 Å². The van der Waals surface area contributed by atoms with Crippen molar-refractivity contribution >= 4 is 72.3 Å². The van der Waals surface area contributed by atoms with Crippen LogP contribution in [0, 0.1) is 49.9 Å². The van der Waals surface area contributed by atoms with Crippen molar-refractivity contribution in [3.05, 3.63) is 117 Å². The van der Waals surface area contributed by atoms with Crippen molar-refractivity contribution in [1.82, 2.24) is 0 Å². The second-order valence-electron chi connectivity index (χ2n) is 24.1. The van der Waals surface area contributed by atoms with Gasteiger partial charge in [0.05, 0.1) is 11.4 Å². The number of fused-ring (bicyclic) bond motifs is 8. The number of hydrogen-bond acceptors (Lipinski definition) is 3. The van der Waals surface area contributed by atoms with E-state index in [1.165, 1.54) is 119 Å². The number of rotatable bonds is 2. The van der Waals surface area contributed by atoms with Crippen LogP contribution in [0.5, 0.6) is 0 Å². The summed E-state index contributed by atoms with van der Waals surface area (Å²) in [7, 11) is 0. The summed E-state index contributed by atoms with van der Waals surface area (Å²) in [5.74, 6) is 0.473. The molecule has 0 radical (unpaired) electrons. The Morgan fingerprint density at radius 1 is 0.656 bits per heavy atom. The highest BCUT2D eigenvalue weighted by molar-refractivity contribution is 7.33. The van der Waals surface area contributed by atoms with Gasteiger partial charge in [-0.1, -0.05) is 125 Å². The molecule has 0 N–H and O–H groups in total. The van der Waals surface area contributed by atoms with Crippen LogP contribution in [0.25, 0.3) is 10.1 Å². The molecular weight excluding hydrogens is 756 g/mol. The topological polar surface area (TPSA) is 6.48 Å². The minimum Gasteiger partial charge on any atom is -0.312 e. The van der Waals surface area contributed by atoms with Gasteiger partial charge in [0.1, 0.15) is 0 Å². The third kappa shape index (κ3) is 5.78. The molecule has 4 heteroatoms. The minimum atomic E-state index is 0.000761. The highest BCUT2D eigenvalue weighted by Gasteiger charge is 2.56. The SMILES string of the molecule is Cc1cc2c3c(c1)N(c1c(C)cc(C(C)(C)C)cc1C)c1c(sc4ccc(C)cc14)B3c1cc3c(cc1N2C1=CC2(C)C(C=C1)C(C)(C)CCC2(C)C)C(C)(C)CCC3(C)C. The highest BCUT2D eigenvalue weighted by atomic mass is 32.1. The Balaban J connectivity index is 1.33. The fourth-order valence-electron chi connectivity index (χ4n) is 12.8. The first-order chi connectivity index (χ1) is 28.3. The van der Waals surface area contributed by atoms with Gasteiger partial charge in [0, 0.05) is 37.6 Å². The van der Waals surface area contributed by atoms with Crippen LogP contribution in [0.3, 0.4) is 0 Å². The summed E-state index contributed by atoms with van der Waals surface area (Å²) in [4.78, 5) is 5.46. The zero-order valence-electron chi connectivity index (χ0n) is 40.2. The number of allylic oxidation sites excluding steroid dienone is 3. The van der Waals surface area contributed by atoms with Crippen molar-refractivity contribution < 1.29 is 0 Å². The molecule has 0 amide bonds. The third-order valence-corrected chi connectivity index (χ3v) is 18.2. The van der Waals surface area contributed by atoms with Crippen molar-refractivity contribution in [2.45, 2.75) is 153 Å². The zero-order chi connectivity index (χ0) is 43.7. The molecule has 316 valence electrons.